The van der Waals surface area contributed by atoms with Crippen molar-refractivity contribution in [1.82, 2.24) is 14.5 Å². The van der Waals surface area contributed by atoms with Gasteiger partial charge in [0, 0.05) is 46.8 Å². The van der Waals surface area contributed by atoms with Crippen molar-refractivity contribution in [3.05, 3.63) is 77.3 Å². The van der Waals surface area contributed by atoms with Crippen LogP contribution in [0.5, 0.6) is 0 Å². The summed E-state index contributed by atoms with van der Waals surface area (Å²) in [7, 11) is 0. The lowest BCUT2D eigenvalue weighted by Crippen LogP contribution is -2.27. The van der Waals surface area contributed by atoms with Gasteiger partial charge in [0.15, 0.2) is 0 Å². The first-order valence-corrected chi connectivity index (χ1v) is 10.7. The van der Waals surface area contributed by atoms with Crippen molar-refractivity contribution in [2.75, 3.05) is 5.32 Å². The van der Waals surface area contributed by atoms with Crippen LogP contribution in [0.2, 0.25) is 0 Å². The summed E-state index contributed by atoms with van der Waals surface area (Å²) in [5.41, 5.74) is 3.63. The molecule has 0 bridgehead atoms. The van der Waals surface area contributed by atoms with Crippen molar-refractivity contribution >= 4 is 38.6 Å². The van der Waals surface area contributed by atoms with Gasteiger partial charge in [-0.2, -0.15) is 0 Å². The number of aromatic nitrogens is 3. The zero-order valence-electron chi connectivity index (χ0n) is 17.6. The summed E-state index contributed by atoms with van der Waals surface area (Å²) in [6, 6.07) is 13.7. The van der Waals surface area contributed by atoms with Gasteiger partial charge in [0.1, 0.15) is 5.60 Å². The number of hydrogen-bond donors (Lipinski definition) is 1. The van der Waals surface area contributed by atoms with Crippen molar-refractivity contribution in [1.29, 1.82) is 0 Å². The zero-order chi connectivity index (χ0) is 22.0. The van der Waals surface area contributed by atoms with Crippen LogP contribution in [-0.4, -0.2) is 26.2 Å². The largest absolute Gasteiger partial charge is 0.443 e. The molecule has 31 heavy (non-hydrogen) atoms. The minimum atomic E-state index is -0.605. The lowest BCUT2D eigenvalue weighted by molar-refractivity contribution is 0.0547. The maximum absolute atomic E-state index is 13.1. The number of fused-ring (bicyclic) bond motifs is 1. The van der Waals surface area contributed by atoms with E-state index in [0.29, 0.717) is 6.54 Å². The summed E-state index contributed by atoms with van der Waals surface area (Å²) in [4.78, 5) is 21.6. The first-order valence-electron chi connectivity index (χ1n) is 9.93. The SMILES string of the molecule is CC(C)(C)OC(=O)n1c(-c2cncc(NCc3cccnc3)c2)cc2cc(Br)ccc21. The number of benzene rings is 1. The summed E-state index contributed by atoms with van der Waals surface area (Å²) in [5.74, 6) is 0. The Labute approximate surface area is 189 Å². The Bertz CT molecular complexity index is 1230. The highest BCUT2D eigenvalue weighted by molar-refractivity contribution is 9.10. The molecule has 0 aliphatic heterocycles. The van der Waals surface area contributed by atoms with E-state index in [0.717, 1.165) is 37.9 Å². The molecule has 4 aromatic rings. The second-order valence-electron chi connectivity index (χ2n) is 8.23. The highest BCUT2D eigenvalue weighted by Gasteiger charge is 2.23. The number of pyridine rings is 2. The molecule has 0 atom stereocenters. The summed E-state index contributed by atoms with van der Waals surface area (Å²) in [6.07, 6.45) is 6.66. The number of halogens is 1. The van der Waals surface area contributed by atoms with Crippen LogP contribution in [0.15, 0.2) is 71.7 Å². The third kappa shape index (κ3) is 4.94. The Morgan fingerprint density at radius 2 is 1.94 bits per heavy atom. The average Bonchev–Trinajstić information content (AvgIpc) is 3.11. The number of nitrogens with one attached hydrogen (secondary N) is 1. The summed E-state index contributed by atoms with van der Waals surface area (Å²) < 4.78 is 8.24. The van der Waals surface area contributed by atoms with Gasteiger partial charge in [-0.05, 0) is 62.7 Å². The van der Waals surface area contributed by atoms with Gasteiger partial charge < -0.3 is 10.1 Å². The van der Waals surface area contributed by atoms with E-state index in [1.165, 1.54) is 0 Å². The molecular formula is C24H23BrN4O2. The Morgan fingerprint density at radius 3 is 2.68 bits per heavy atom. The van der Waals surface area contributed by atoms with Crippen LogP contribution in [0.3, 0.4) is 0 Å². The predicted octanol–water partition coefficient (Wildman–Crippen LogP) is 6.26. The summed E-state index contributed by atoms with van der Waals surface area (Å²) >= 11 is 3.51. The van der Waals surface area contributed by atoms with Crippen molar-refractivity contribution in [3.8, 4) is 11.3 Å². The highest BCUT2D eigenvalue weighted by Crippen LogP contribution is 2.32. The fraction of sp³-hybridized carbons (Fsp3) is 0.208. The minimum Gasteiger partial charge on any atom is -0.443 e. The highest BCUT2D eigenvalue weighted by atomic mass is 79.9. The Hall–Kier alpha value is -3.19. The number of rotatable bonds is 4. The van der Waals surface area contributed by atoms with Crippen LogP contribution in [0, 0.1) is 0 Å². The lowest BCUT2D eigenvalue weighted by atomic mass is 10.2. The molecule has 0 aliphatic rings. The fourth-order valence-corrected chi connectivity index (χ4v) is 3.67. The standard InChI is InChI=1S/C24H23BrN4O2/c1-24(2,3)31-23(30)29-21-7-6-19(25)9-17(21)11-22(29)18-10-20(15-27-14-18)28-13-16-5-4-8-26-12-16/h4-12,14-15,28H,13H2,1-3H3. The van der Waals surface area contributed by atoms with Gasteiger partial charge in [0.2, 0.25) is 0 Å². The maximum atomic E-state index is 13.1. The maximum Gasteiger partial charge on any atom is 0.419 e. The van der Waals surface area contributed by atoms with Gasteiger partial charge in [-0.3, -0.25) is 9.97 Å². The second-order valence-corrected chi connectivity index (χ2v) is 9.14. The summed E-state index contributed by atoms with van der Waals surface area (Å²) in [5, 5.41) is 4.30. The smallest absolute Gasteiger partial charge is 0.419 e. The molecule has 6 nitrogen and oxygen atoms in total. The summed E-state index contributed by atoms with van der Waals surface area (Å²) in [6.45, 7) is 6.20. The topological polar surface area (TPSA) is 69.0 Å². The molecule has 0 saturated heterocycles. The molecule has 0 spiro atoms. The van der Waals surface area contributed by atoms with Crippen LogP contribution in [0.25, 0.3) is 22.2 Å². The molecule has 0 saturated carbocycles. The van der Waals surface area contributed by atoms with E-state index in [9.17, 15) is 4.79 Å². The van der Waals surface area contributed by atoms with Gasteiger partial charge in [0.05, 0.1) is 16.9 Å². The number of anilines is 1. The quantitative estimate of drug-likeness (QED) is 0.375. The number of hydrogen-bond acceptors (Lipinski definition) is 5. The predicted molar refractivity (Wildman–Crippen MR) is 126 cm³/mol. The van der Waals surface area contributed by atoms with Crippen molar-refractivity contribution in [2.24, 2.45) is 0 Å². The molecular weight excluding hydrogens is 456 g/mol. The van der Waals surface area contributed by atoms with Crippen molar-refractivity contribution in [2.45, 2.75) is 32.9 Å². The van der Waals surface area contributed by atoms with E-state index in [1.807, 2.05) is 69.4 Å². The number of carbonyl (C=O) groups excluding carboxylic acids is 1. The van der Waals surface area contributed by atoms with Crippen LogP contribution in [-0.2, 0) is 11.3 Å². The van der Waals surface area contributed by atoms with Crippen LogP contribution < -0.4 is 5.32 Å². The van der Waals surface area contributed by atoms with Crippen LogP contribution in [0.4, 0.5) is 10.5 Å². The third-order valence-corrected chi connectivity index (χ3v) is 5.09. The van der Waals surface area contributed by atoms with Gasteiger partial charge in [-0.1, -0.05) is 22.0 Å². The van der Waals surface area contributed by atoms with E-state index in [-0.39, 0.29) is 0 Å². The molecule has 7 heteroatoms. The molecule has 0 unspecified atom stereocenters. The minimum absolute atomic E-state index is 0.423. The van der Waals surface area contributed by atoms with Gasteiger partial charge >= 0.3 is 6.09 Å². The van der Waals surface area contributed by atoms with E-state index in [1.54, 1.807) is 23.2 Å². The average molecular weight is 479 g/mol. The molecule has 0 amide bonds. The Kier molecular flexibility index (Phi) is 5.78. The van der Waals surface area contributed by atoms with Crippen LogP contribution in [0.1, 0.15) is 26.3 Å². The number of nitrogens with zero attached hydrogens (tertiary/aromatic N) is 3. The monoisotopic (exact) mass is 478 g/mol. The number of carbonyl (C=O) groups is 1. The molecule has 0 radical (unpaired) electrons. The van der Waals surface area contributed by atoms with E-state index >= 15 is 0 Å². The van der Waals surface area contributed by atoms with Gasteiger partial charge in [0.25, 0.3) is 0 Å². The van der Waals surface area contributed by atoms with Gasteiger partial charge in [-0.25, -0.2) is 9.36 Å². The molecule has 1 N–H and O–H groups in total. The zero-order valence-corrected chi connectivity index (χ0v) is 19.2. The van der Waals surface area contributed by atoms with Gasteiger partial charge in [-0.15, -0.1) is 0 Å². The lowest BCUT2D eigenvalue weighted by Gasteiger charge is -2.21. The molecule has 1 aromatic carbocycles. The van der Waals surface area contributed by atoms with Crippen molar-refractivity contribution in [3.63, 3.8) is 0 Å². The second kappa shape index (κ2) is 8.51. The Morgan fingerprint density at radius 1 is 1.10 bits per heavy atom. The third-order valence-electron chi connectivity index (χ3n) is 4.59. The van der Waals surface area contributed by atoms with E-state index in [2.05, 4.69) is 31.2 Å². The van der Waals surface area contributed by atoms with Crippen LogP contribution >= 0.6 is 15.9 Å². The van der Waals surface area contributed by atoms with E-state index < -0.39 is 11.7 Å². The van der Waals surface area contributed by atoms with Crippen molar-refractivity contribution < 1.29 is 9.53 Å². The molecule has 3 aromatic heterocycles. The normalized spacial score (nSPS) is 11.5. The molecule has 0 aliphatic carbocycles. The number of ether oxygens (including phenoxy) is 1. The molecule has 0 fully saturated rings. The molecule has 4 rings (SSSR count). The molecule has 158 valence electrons. The molecule has 3 heterocycles. The van der Waals surface area contributed by atoms with E-state index in [4.69, 9.17) is 4.74 Å². The fourth-order valence-electron chi connectivity index (χ4n) is 3.29. The first kappa shape index (κ1) is 21.1. The Balaban J connectivity index is 1.73. The first-order chi connectivity index (χ1) is 14.8.